The van der Waals surface area contributed by atoms with Crippen LogP contribution in [-0.2, 0) is 0 Å². The Balaban J connectivity index is 1.33. The van der Waals surface area contributed by atoms with E-state index < -0.39 is 0 Å². The quantitative estimate of drug-likeness (QED) is 0.649. The molecule has 2 aliphatic rings. The first-order chi connectivity index (χ1) is 15.5. The van der Waals surface area contributed by atoms with Crippen molar-refractivity contribution in [3.8, 4) is 0 Å². The molecule has 5 rings (SSSR count). The first kappa shape index (κ1) is 19.4. The third-order valence-electron chi connectivity index (χ3n) is 5.36. The molecule has 0 saturated carbocycles. The smallest absolute Gasteiger partial charge is 0.210 e. The van der Waals surface area contributed by atoms with E-state index in [1.54, 1.807) is 72.8 Å². The summed E-state index contributed by atoms with van der Waals surface area (Å²) in [5.41, 5.74) is 3.12. The van der Waals surface area contributed by atoms with Crippen molar-refractivity contribution >= 4 is 34.5 Å². The van der Waals surface area contributed by atoms with Gasteiger partial charge in [0.1, 0.15) is 0 Å². The second-order valence-corrected chi connectivity index (χ2v) is 7.42. The second-order valence-electron chi connectivity index (χ2n) is 7.42. The van der Waals surface area contributed by atoms with Crippen molar-refractivity contribution in [2.24, 2.45) is 0 Å². The lowest BCUT2D eigenvalue weighted by Crippen LogP contribution is -2.21. The summed E-state index contributed by atoms with van der Waals surface area (Å²) in [6, 6.07) is 20.3. The molecule has 32 heavy (non-hydrogen) atoms. The summed E-state index contributed by atoms with van der Waals surface area (Å²) in [6.45, 7) is 0. The van der Waals surface area contributed by atoms with Crippen molar-refractivity contribution in [1.29, 1.82) is 0 Å². The summed E-state index contributed by atoms with van der Waals surface area (Å²) < 4.78 is 0. The number of allylic oxidation sites excluding steroid dienone is 4. The van der Waals surface area contributed by atoms with Crippen LogP contribution in [0.1, 0.15) is 41.4 Å². The SMILES string of the molecule is O=C1C=C(Nc2ccc(NC3=CC(=O)c4ccccc4C3=O)cc2)C(=O)c2ccccc21. The summed E-state index contributed by atoms with van der Waals surface area (Å²) in [5, 5.41) is 5.98. The number of carbonyl (C=O) groups excluding carboxylic acids is 4. The van der Waals surface area contributed by atoms with Gasteiger partial charge < -0.3 is 10.6 Å². The van der Waals surface area contributed by atoms with Gasteiger partial charge in [-0.05, 0) is 24.3 Å². The van der Waals surface area contributed by atoms with Crippen LogP contribution in [0.25, 0.3) is 0 Å². The zero-order chi connectivity index (χ0) is 22.2. The largest absolute Gasteiger partial charge is 0.352 e. The fraction of sp³-hybridized carbons (Fsp3) is 0. The molecule has 2 aliphatic carbocycles. The van der Waals surface area contributed by atoms with Crippen molar-refractivity contribution in [1.82, 2.24) is 0 Å². The third kappa shape index (κ3) is 3.33. The Kier molecular flexibility index (Phi) is 4.60. The van der Waals surface area contributed by atoms with Crippen LogP contribution in [0.3, 0.4) is 0 Å². The van der Waals surface area contributed by atoms with Crippen LogP contribution in [0.5, 0.6) is 0 Å². The maximum atomic E-state index is 12.7. The molecule has 0 radical (unpaired) electrons. The van der Waals surface area contributed by atoms with Gasteiger partial charge in [-0.3, -0.25) is 19.2 Å². The van der Waals surface area contributed by atoms with Crippen molar-refractivity contribution in [3.63, 3.8) is 0 Å². The van der Waals surface area contributed by atoms with Crippen LogP contribution in [-0.4, -0.2) is 23.1 Å². The topological polar surface area (TPSA) is 92.3 Å². The van der Waals surface area contributed by atoms with Gasteiger partial charge in [0.05, 0.1) is 11.4 Å². The van der Waals surface area contributed by atoms with E-state index in [0.29, 0.717) is 33.6 Å². The van der Waals surface area contributed by atoms with Crippen molar-refractivity contribution in [2.75, 3.05) is 10.6 Å². The highest BCUT2D eigenvalue weighted by atomic mass is 16.1. The Morgan fingerprint density at radius 1 is 0.438 bits per heavy atom. The lowest BCUT2D eigenvalue weighted by Gasteiger charge is -2.18. The van der Waals surface area contributed by atoms with Crippen LogP contribution >= 0.6 is 0 Å². The van der Waals surface area contributed by atoms with E-state index in [0.717, 1.165) is 0 Å². The van der Waals surface area contributed by atoms with Crippen LogP contribution in [0, 0.1) is 0 Å². The second kappa shape index (κ2) is 7.59. The number of Topliss-reactive ketones (excluding diaryl/α,β-unsaturated/α-hetero) is 2. The van der Waals surface area contributed by atoms with Gasteiger partial charge in [0.2, 0.25) is 11.6 Å². The van der Waals surface area contributed by atoms with Crippen LogP contribution in [0.2, 0.25) is 0 Å². The Hall–Kier alpha value is -4.58. The fourth-order valence-electron chi connectivity index (χ4n) is 3.76. The highest BCUT2D eigenvalue weighted by Gasteiger charge is 2.26. The maximum absolute atomic E-state index is 12.7. The standard InChI is InChI=1S/C26H16N2O4/c29-23-13-21(25(31)19-7-3-1-5-17(19)23)27-15-9-11-16(12-10-15)28-22-14-24(30)18-6-2-4-8-20(18)26(22)32/h1-14,27-28H. The van der Waals surface area contributed by atoms with Gasteiger partial charge >= 0.3 is 0 Å². The number of fused-ring (bicyclic) bond motifs is 2. The molecule has 0 aliphatic heterocycles. The number of rotatable bonds is 4. The molecule has 0 unspecified atom stereocenters. The molecule has 0 aromatic heterocycles. The average Bonchev–Trinajstić information content (AvgIpc) is 2.82. The van der Waals surface area contributed by atoms with Gasteiger partial charge in [-0.15, -0.1) is 0 Å². The monoisotopic (exact) mass is 420 g/mol. The minimum Gasteiger partial charge on any atom is -0.352 e. The summed E-state index contributed by atoms with van der Waals surface area (Å²) in [7, 11) is 0. The van der Waals surface area contributed by atoms with Crippen LogP contribution in [0.4, 0.5) is 11.4 Å². The predicted molar refractivity (Wildman–Crippen MR) is 120 cm³/mol. The van der Waals surface area contributed by atoms with E-state index >= 15 is 0 Å². The summed E-state index contributed by atoms with van der Waals surface area (Å²) in [5.74, 6) is -0.961. The number of nitrogens with one attached hydrogen (secondary N) is 2. The van der Waals surface area contributed by atoms with Crippen LogP contribution < -0.4 is 10.6 Å². The maximum Gasteiger partial charge on any atom is 0.210 e. The molecule has 0 atom stereocenters. The summed E-state index contributed by atoms with van der Waals surface area (Å²) in [6.07, 6.45) is 2.59. The molecule has 6 heteroatoms. The van der Waals surface area contributed by atoms with Gasteiger partial charge in [-0.1, -0.05) is 48.5 Å². The summed E-state index contributed by atoms with van der Waals surface area (Å²) >= 11 is 0. The van der Waals surface area contributed by atoms with Gasteiger partial charge in [0, 0.05) is 45.8 Å². The minimum absolute atomic E-state index is 0.196. The first-order valence-electron chi connectivity index (χ1n) is 9.95. The molecule has 6 nitrogen and oxygen atoms in total. The van der Waals surface area contributed by atoms with E-state index in [1.165, 1.54) is 12.2 Å². The molecule has 2 N–H and O–H groups in total. The lowest BCUT2D eigenvalue weighted by atomic mass is 9.92. The molecule has 0 bridgehead atoms. The number of hydrogen-bond donors (Lipinski definition) is 2. The molecule has 154 valence electrons. The van der Waals surface area contributed by atoms with E-state index in [9.17, 15) is 19.2 Å². The summed E-state index contributed by atoms with van der Waals surface area (Å²) in [4.78, 5) is 50.0. The van der Waals surface area contributed by atoms with Gasteiger partial charge in [-0.25, -0.2) is 0 Å². The fourth-order valence-corrected chi connectivity index (χ4v) is 3.76. The normalized spacial score (nSPS) is 14.9. The number of ketones is 4. The zero-order valence-electron chi connectivity index (χ0n) is 16.7. The Bertz CT molecular complexity index is 1270. The number of benzene rings is 3. The molecule has 3 aromatic carbocycles. The highest BCUT2D eigenvalue weighted by molar-refractivity contribution is 6.26. The number of carbonyl (C=O) groups is 4. The molecular formula is C26H16N2O4. The van der Waals surface area contributed by atoms with E-state index in [4.69, 9.17) is 0 Å². The van der Waals surface area contributed by atoms with Gasteiger partial charge in [0.15, 0.2) is 11.6 Å². The predicted octanol–water partition coefficient (Wildman–Crippen LogP) is 4.44. The molecule has 0 saturated heterocycles. The van der Waals surface area contributed by atoms with Gasteiger partial charge in [-0.2, -0.15) is 0 Å². The minimum atomic E-state index is -0.252. The average molecular weight is 420 g/mol. The van der Waals surface area contributed by atoms with Gasteiger partial charge in [0.25, 0.3) is 0 Å². The Labute approximate surface area is 183 Å². The molecule has 0 amide bonds. The number of hydrogen-bond acceptors (Lipinski definition) is 6. The van der Waals surface area contributed by atoms with Crippen LogP contribution in [0.15, 0.2) is 96.3 Å². The van der Waals surface area contributed by atoms with Crippen molar-refractivity contribution < 1.29 is 19.2 Å². The molecule has 0 fully saturated rings. The number of anilines is 2. The molecular weight excluding hydrogens is 404 g/mol. The van der Waals surface area contributed by atoms with E-state index in [-0.39, 0.29) is 34.5 Å². The first-order valence-corrected chi connectivity index (χ1v) is 9.95. The highest BCUT2D eigenvalue weighted by Crippen LogP contribution is 2.25. The zero-order valence-corrected chi connectivity index (χ0v) is 16.7. The van der Waals surface area contributed by atoms with E-state index in [1.807, 2.05) is 0 Å². The van der Waals surface area contributed by atoms with Crippen molar-refractivity contribution in [2.45, 2.75) is 0 Å². The van der Waals surface area contributed by atoms with E-state index in [2.05, 4.69) is 10.6 Å². The Morgan fingerprint density at radius 2 is 0.781 bits per heavy atom. The lowest BCUT2D eigenvalue weighted by molar-refractivity contribution is 0.0985. The molecule has 0 heterocycles. The molecule has 3 aromatic rings. The third-order valence-corrected chi connectivity index (χ3v) is 5.36. The molecule has 0 spiro atoms. The Morgan fingerprint density at radius 3 is 1.16 bits per heavy atom. The van der Waals surface area contributed by atoms with Crippen molar-refractivity contribution in [3.05, 3.63) is 119 Å².